The number of carbonyl (C=O) groups excluding carboxylic acids is 1. The predicted octanol–water partition coefficient (Wildman–Crippen LogP) is 3.07. The van der Waals surface area contributed by atoms with Crippen LogP contribution in [0.4, 0.5) is 0 Å². The van der Waals surface area contributed by atoms with E-state index in [1.165, 1.54) is 0 Å². The Labute approximate surface area is 138 Å². The molecule has 0 atom stereocenters. The van der Waals surface area contributed by atoms with E-state index >= 15 is 0 Å². The Bertz CT molecular complexity index is 827. The van der Waals surface area contributed by atoms with Crippen LogP contribution in [0.2, 0.25) is 5.02 Å². The molecule has 0 saturated carbocycles. The Balaban J connectivity index is 1.65. The Hall–Kier alpha value is -2.66. The third kappa shape index (κ3) is 3.57. The first kappa shape index (κ1) is 15.2. The van der Waals surface area contributed by atoms with E-state index in [0.29, 0.717) is 17.1 Å². The highest BCUT2D eigenvalue weighted by molar-refractivity contribution is 6.33. The summed E-state index contributed by atoms with van der Waals surface area (Å²) in [6.45, 7) is 0.393. The zero-order chi connectivity index (χ0) is 16.2. The molecule has 0 saturated heterocycles. The molecule has 23 heavy (non-hydrogen) atoms. The molecule has 1 aromatic carbocycles. The Morgan fingerprint density at radius 1 is 1.22 bits per heavy atom. The number of rotatable bonds is 4. The average molecular weight is 327 g/mol. The summed E-state index contributed by atoms with van der Waals surface area (Å²) in [7, 11) is 1.86. The second-order valence-corrected chi connectivity index (χ2v) is 5.52. The minimum Gasteiger partial charge on any atom is -0.348 e. The molecule has 5 nitrogen and oxygen atoms in total. The van der Waals surface area contributed by atoms with Crippen LogP contribution in [-0.2, 0) is 13.6 Å². The van der Waals surface area contributed by atoms with E-state index in [0.717, 1.165) is 16.8 Å². The fraction of sp³-hybridized carbons (Fsp3) is 0.118. The van der Waals surface area contributed by atoms with E-state index in [1.807, 2.05) is 25.4 Å². The van der Waals surface area contributed by atoms with Crippen molar-refractivity contribution in [3.63, 3.8) is 0 Å². The molecule has 6 heteroatoms. The summed E-state index contributed by atoms with van der Waals surface area (Å²) in [5, 5.41) is 7.40. The molecule has 0 aliphatic rings. The van der Waals surface area contributed by atoms with Crippen LogP contribution >= 0.6 is 11.6 Å². The van der Waals surface area contributed by atoms with Gasteiger partial charge in [-0.2, -0.15) is 5.10 Å². The normalized spacial score (nSPS) is 10.5. The second-order valence-electron chi connectivity index (χ2n) is 5.12. The van der Waals surface area contributed by atoms with Crippen molar-refractivity contribution >= 4 is 17.5 Å². The largest absolute Gasteiger partial charge is 0.348 e. The second kappa shape index (κ2) is 6.62. The summed E-state index contributed by atoms with van der Waals surface area (Å²) < 4.78 is 1.73. The van der Waals surface area contributed by atoms with Crippen molar-refractivity contribution in [2.24, 2.45) is 7.05 Å². The number of hydrogen-bond acceptors (Lipinski definition) is 3. The summed E-state index contributed by atoms with van der Waals surface area (Å²) in [6.07, 6.45) is 5.41. The van der Waals surface area contributed by atoms with Crippen molar-refractivity contribution in [2.75, 3.05) is 0 Å². The minimum absolute atomic E-state index is 0.202. The van der Waals surface area contributed by atoms with Crippen molar-refractivity contribution < 1.29 is 4.79 Å². The van der Waals surface area contributed by atoms with Crippen LogP contribution in [-0.4, -0.2) is 20.7 Å². The lowest BCUT2D eigenvalue weighted by Gasteiger charge is -2.07. The van der Waals surface area contributed by atoms with Gasteiger partial charge in [0.1, 0.15) is 0 Å². The monoisotopic (exact) mass is 326 g/mol. The summed E-state index contributed by atoms with van der Waals surface area (Å²) >= 11 is 6.01. The van der Waals surface area contributed by atoms with Crippen LogP contribution in [0.25, 0.3) is 11.3 Å². The maximum Gasteiger partial charge on any atom is 0.253 e. The Kier molecular flexibility index (Phi) is 4.39. The van der Waals surface area contributed by atoms with Gasteiger partial charge in [-0.15, -0.1) is 0 Å². The van der Waals surface area contributed by atoms with Crippen molar-refractivity contribution in [1.82, 2.24) is 20.1 Å². The van der Waals surface area contributed by atoms with E-state index in [2.05, 4.69) is 15.4 Å². The van der Waals surface area contributed by atoms with Crippen molar-refractivity contribution in [1.29, 1.82) is 0 Å². The maximum atomic E-state index is 12.1. The van der Waals surface area contributed by atoms with E-state index < -0.39 is 0 Å². The summed E-state index contributed by atoms with van der Waals surface area (Å²) in [5.74, 6) is -0.202. The summed E-state index contributed by atoms with van der Waals surface area (Å²) in [5.41, 5.74) is 3.19. The van der Waals surface area contributed by atoms with Crippen LogP contribution < -0.4 is 5.32 Å². The first-order valence-electron chi connectivity index (χ1n) is 7.10. The number of hydrogen-bond donors (Lipinski definition) is 1. The first-order chi connectivity index (χ1) is 11.1. The number of nitrogens with zero attached hydrogens (tertiary/aromatic N) is 3. The molecule has 0 fully saturated rings. The van der Waals surface area contributed by atoms with Gasteiger partial charge in [0, 0.05) is 31.5 Å². The number of aryl methyl sites for hydroxylation is 1. The van der Waals surface area contributed by atoms with Crippen molar-refractivity contribution in [3.05, 3.63) is 71.1 Å². The van der Waals surface area contributed by atoms with Gasteiger partial charge in [-0.1, -0.05) is 29.8 Å². The van der Waals surface area contributed by atoms with Gasteiger partial charge in [-0.05, 0) is 23.8 Å². The molecule has 0 radical (unpaired) electrons. The topological polar surface area (TPSA) is 59.8 Å². The molecule has 116 valence electrons. The van der Waals surface area contributed by atoms with Gasteiger partial charge in [0.2, 0.25) is 0 Å². The summed E-state index contributed by atoms with van der Waals surface area (Å²) in [6, 6.07) is 10.8. The predicted molar refractivity (Wildman–Crippen MR) is 89.1 cm³/mol. The fourth-order valence-corrected chi connectivity index (χ4v) is 2.40. The number of amides is 1. The van der Waals surface area contributed by atoms with E-state index in [4.69, 9.17) is 11.6 Å². The van der Waals surface area contributed by atoms with Crippen LogP contribution in [0.15, 0.2) is 55.0 Å². The summed E-state index contributed by atoms with van der Waals surface area (Å²) in [4.78, 5) is 16.5. The quantitative estimate of drug-likeness (QED) is 0.801. The highest BCUT2D eigenvalue weighted by Crippen LogP contribution is 2.16. The Morgan fingerprint density at radius 3 is 2.70 bits per heavy atom. The van der Waals surface area contributed by atoms with Gasteiger partial charge in [-0.25, -0.2) is 0 Å². The molecule has 0 spiro atoms. The van der Waals surface area contributed by atoms with Crippen LogP contribution in [0.1, 0.15) is 15.9 Å². The number of benzene rings is 1. The third-order valence-corrected chi connectivity index (χ3v) is 3.73. The highest BCUT2D eigenvalue weighted by Gasteiger charge is 2.09. The van der Waals surface area contributed by atoms with Gasteiger partial charge < -0.3 is 5.32 Å². The van der Waals surface area contributed by atoms with E-state index in [-0.39, 0.29) is 5.91 Å². The molecular formula is C17H15ClN4O. The van der Waals surface area contributed by atoms with E-state index in [9.17, 15) is 4.79 Å². The van der Waals surface area contributed by atoms with Gasteiger partial charge >= 0.3 is 0 Å². The van der Waals surface area contributed by atoms with Crippen LogP contribution in [0.5, 0.6) is 0 Å². The molecule has 0 bridgehead atoms. The lowest BCUT2D eigenvalue weighted by molar-refractivity contribution is 0.0951. The lowest BCUT2D eigenvalue weighted by atomic mass is 10.2. The molecule has 0 aliphatic carbocycles. The molecule has 3 aromatic rings. The average Bonchev–Trinajstić information content (AvgIpc) is 3.00. The molecule has 1 amide bonds. The van der Waals surface area contributed by atoms with Gasteiger partial charge in [0.05, 0.1) is 22.5 Å². The van der Waals surface area contributed by atoms with Gasteiger partial charge in [-0.3, -0.25) is 14.5 Å². The first-order valence-corrected chi connectivity index (χ1v) is 7.48. The number of aromatic nitrogens is 3. The standard InChI is InChI=1S/C17H15ClN4O/c1-22-11-13(10-21-22)16-7-6-12(8-19-16)9-20-17(23)14-4-2-3-5-15(14)18/h2-8,10-11H,9H2,1H3,(H,20,23). The van der Waals surface area contributed by atoms with Crippen molar-refractivity contribution in [2.45, 2.75) is 6.54 Å². The van der Waals surface area contributed by atoms with Crippen molar-refractivity contribution in [3.8, 4) is 11.3 Å². The number of carbonyl (C=O) groups is 1. The molecule has 2 aromatic heterocycles. The van der Waals surface area contributed by atoms with Crippen LogP contribution in [0.3, 0.4) is 0 Å². The van der Waals surface area contributed by atoms with Crippen LogP contribution in [0, 0.1) is 0 Å². The fourth-order valence-electron chi connectivity index (χ4n) is 2.18. The molecule has 3 rings (SSSR count). The van der Waals surface area contributed by atoms with Gasteiger partial charge in [0.15, 0.2) is 0 Å². The smallest absolute Gasteiger partial charge is 0.253 e. The number of pyridine rings is 1. The Morgan fingerprint density at radius 2 is 2.04 bits per heavy atom. The number of nitrogens with one attached hydrogen (secondary N) is 1. The SMILES string of the molecule is Cn1cc(-c2ccc(CNC(=O)c3ccccc3Cl)cn2)cn1. The lowest BCUT2D eigenvalue weighted by Crippen LogP contribution is -2.23. The molecule has 2 heterocycles. The highest BCUT2D eigenvalue weighted by atomic mass is 35.5. The molecule has 1 N–H and O–H groups in total. The maximum absolute atomic E-state index is 12.1. The molecule has 0 unspecified atom stereocenters. The zero-order valence-corrected chi connectivity index (χ0v) is 13.3. The third-order valence-electron chi connectivity index (χ3n) is 3.40. The minimum atomic E-state index is -0.202. The molecule has 0 aliphatic heterocycles. The number of halogens is 1. The van der Waals surface area contributed by atoms with E-state index in [1.54, 1.807) is 41.3 Å². The zero-order valence-electron chi connectivity index (χ0n) is 12.5. The van der Waals surface area contributed by atoms with Gasteiger partial charge in [0.25, 0.3) is 5.91 Å². The molecular weight excluding hydrogens is 312 g/mol.